The van der Waals surface area contributed by atoms with E-state index in [0.717, 1.165) is 32.1 Å². The van der Waals surface area contributed by atoms with Crippen LogP contribution in [0.5, 0.6) is 0 Å². The molecule has 2 heteroatoms. The molecule has 0 saturated carbocycles. The summed E-state index contributed by atoms with van der Waals surface area (Å²) in [6, 6.07) is 8.53. The number of hydrogen-bond donors (Lipinski definition) is 1. The minimum absolute atomic E-state index is 0.360. The fourth-order valence-electron chi connectivity index (χ4n) is 4.36. The molecule has 1 heterocycles. The number of rotatable bonds is 1. The number of fused-ring (bicyclic) bond motifs is 2. The summed E-state index contributed by atoms with van der Waals surface area (Å²) in [4.78, 5) is 1.28. The molecule has 2 unspecified atom stereocenters. The number of allylic oxidation sites excluding steroid dienone is 3. The Morgan fingerprint density at radius 2 is 1.90 bits per heavy atom. The third-order valence-corrected chi connectivity index (χ3v) is 6.77. The maximum Gasteiger partial charge on any atom is 0.0980 e. The summed E-state index contributed by atoms with van der Waals surface area (Å²) in [5.41, 5.74) is 0.536. The van der Waals surface area contributed by atoms with Gasteiger partial charge in [-0.25, -0.2) is 0 Å². The molecule has 1 aliphatic heterocycles. The molecule has 1 aromatic rings. The van der Waals surface area contributed by atoms with Crippen LogP contribution in [0.1, 0.15) is 37.7 Å². The van der Waals surface area contributed by atoms with Gasteiger partial charge in [0.1, 0.15) is 0 Å². The molecule has 0 aromatic heterocycles. The molecule has 1 nitrogen and oxygen atoms in total. The average Bonchev–Trinajstić information content (AvgIpc) is 2.56. The fourth-order valence-corrected chi connectivity index (χ4v) is 5.87. The third kappa shape index (κ3) is 2.11. The fraction of sp³-hybridized carbons (Fsp3) is 0.474. The highest BCUT2D eigenvalue weighted by atomic mass is 32.2. The van der Waals surface area contributed by atoms with Crippen LogP contribution in [0.15, 0.2) is 53.5 Å². The van der Waals surface area contributed by atoms with E-state index in [2.05, 4.69) is 48.6 Å². The van der Waals surface area contributed by atoms with Gasteiger partial charge in [0.25, 0.3) is 0 Å². The Morgan fingerprint density at radius 3 is 2.76 bits per heavy atom. The second kappa shape index (κ2) is 5.33. The summed E-state index contributed by atoms with van der Waals surface area (Å²) in [6.07, 6.45) is 14.6. The maximum absolute atomic E-state index is 11.9. The Bertz CT molecular complexity index is 591. The first-order valence-corrected chi connectivity index (χ1v) is 8.98. The van der Waals surface area contributed by atoms with Crippen LogP contribution in [0.25, 0.3) is 0 Å². The molecule has 0 fully saturated rings. The van der Waals surface area contributed by atoms with Crippen molar-refractivity contribution in [3.8, 4) is 0 Å². The summed E-state index contributed by atoms with van der Waals surface area (Å²) in [5, 5.41) is 12.3. The van der Waals surface area contributed by atoms with Crippen molar-refractivity contribution in [1.29, 1.82) is 0 Å². The largest absolute Gasteiger partial charge is 0.384 e. The molecule has 3 aliphatic rings. The molecule has 0 spiro atoms. The first-order chi connectivity index (χ1) is 10.3. The molecule has 0 radical (unpaired) electrons. The second-order valence-corrected chi connectivity index (χ2v) is 7.72. The lowest BCUT2D eigenvalue weighted by Gasteiger charge is -2.50. The van der Waals surface area contributed by atoms with Gasteiger partial charge in [-0.1, -0.05) is 42.5 Å². The van der Waals surface area contributed by atoms with E-state index in [1.165, 1.54) is 10.5 Å². The lowest BCUT2D eigenvalue weighted by Crippen LogP contribution is -2.49. The highest BCUT2D eigenvalue weighted by Crippen LogP contribution is 2.56. The van der Waals surface area contributed by atoms with Crippen molar-refractivity contribution in [2.24, 2.45) is 11.8 Å². The smallest absolute Gasteiger partial charge is 0.0980 e. The molecular weight excluding hydrogens is 276 g/mol. The van der Waals surface area contributed by atoms with Gasteiger partial charge in [0.15, 0.2) is 0 Å². The third-order valence-electron chi connectivity index (χ3n) is 5.40. The Balaban J connectivity index is 1.84. The van der Waals surface area contributed by atoms with E-state index in [-0.39, 0.29) is 0 Å². The standard InChI is InChI=1S/C19H22OS/c20-19(14-8-2-1-3-9-14)15-10-4-6-12-17(15)21-18-13-7-5-11-16(18)19/h1-2,4,6-7,10,12-14,16,18,20H,3,5,8-9,11H2/t14?,16?,18-,19+/m1/s1. The van der Waals surface area contributed by atoms with Crippen molar-refractivity contribution < 1.29 is 5.11 Å². The Morgan fingerprint density at radius 1 is 1.05 bits per heavy atom. The predicted molar refractivity (Wildman–Crippen MR) is 88.3 cm³/mol. The van der Waals surface area contributed by atoms with Crippen molar-refractivity contribution in [3.63, 3.8) is 0 Å². The molecule has 0 bridgehead atoms. The van der Waals surface area contributed by atoms with Crippen LogP contribution in [0.4, 0.5) is 0 Å². The van der Waals surface area contributed by atoms with Crippen LogP contribution in [0.2, 0.25) is 0 Å². The van der Waals surface area contributed by atoms with E-state index in [4.69, 9.17) is 0 Å². The Labute approximate surface area is 131 Å². The molecule has 1 N–H and O–H groups in total. The lowest BCUT2D eigenvalue weighted by molar-refractivity contribution is -0.0854. The summed E-state index contributed by atoms with van der Waals surface area (Å²) < 4.78 is 0. The minimum atomic E-state index is -0.651. The molecule has 4 atom stereocenters. The van der Waals surface area contributed by atoms with E-state index in [9.17, 15) is 5.11 Å². The van der Waals surface area contributed by atoms with Crippen LogP contribution >= 0.6 is 11.8 Å². The van der Waals surface area contributed by atoms with E-state index in [0.29, 0.717) is 17.1 Å². The first-order valence-electron chi connectivity index (χ1n) is 8.10. The molecule has 0 amide bonds. The lowest BCUT2D eigenvalue weighted by atomic mass is 9.65. The zero-order valence-corrected chi connectivity index (χ0v) is 13.1. The van der Waals surface area contributed by atoms with Gasteiger partial charge in [-0.3, -0.25) is 0 Å². The Hall–Kier alpha value is -0.990. The van der Waals surface area contributed by atoms with Gasteiger partial charge < -0.3 is 5.11 Å². The molecular formula is C19H22OS. The van der Waals surface area contributed by atoms with E-state index >= 15 is 0 Å². The van der Waals surface area contributed by atoms with Crippen molar-refractivity contribution in [3.05, 3.63) is 54.1 Å². The maximum atomic E-state index is 11.9. The topological polar surface area (TPSA) is 20.2 Å². The number of benzene rings is 1. The second-order valence-electron chi connectivity index (χ2n) is 6.50. The highest BCUT2D eigenvalue weighted by Gasteiger charge is 2.51. The summed E-state index contributed by atoms with van der Waals surface area (Å²) in [6.45, 7) is 0. The van der Waals surface area contributed by atoms with Crippen molar-refractivity contribution in [1.82, 2.24) is 0 Å². The van der Waals surface area contributed by atoms with Gasteiger partial charge in [-0.05, 0) is 49.7 Å². The molecule has 2 aliphatic carbocycles. The van der Waals surface area contributed by atoms with Crippen molar-refractivity contribution in [2.45, 2.75) is 47.9 Å². The van der Waals surface area contributed by atoms with Crippen LogP contribution in [0, 0.1) is 11.8 Å². The van der Waals surface area contributed by atoms with Gasteiger partial charge in [-0.2, -0.15) is 0 Å². The zero-order valence-electron chi connectivity index (χ0n) is 12.2. The molecule has 21 heavy (non-hydrogen) atoms. The molecule has 1 aromatic carbocycles. The van der Waals surface area contributed by atoms with Crippen LogP contribution < -0.4 is 0 Å². The monoisotopic (exact) mass is 298 g/mol. The Kier molecular flexibility index (Phi) is 3.47. The normalized spacial score (nSPS) is 37.9. The highest BCUT2D eigenvalue weighted by molar-refractivity contribution is 8.00. The predicted octanol–water partition coefficient (Wildman–Crippen LogP) is 4.67. The van der Waals surface area contributed by atoms with E-state index in [1.54, 1.807) is 0 Å². The van der Waals surface area contributed by atoms with E-state index < -0.39 is 5.60 Å². The number of hydrogen-bond acceptors (Lipinski definition) is 2. The van der Waals surface area contributed by atoms with Gasteiger partial charge in [0.2, 0.25) is 0 Å². The van der Waals surface area contributed by atoms with Gasteiger partial charge in [-0.15, -0.1) is 11.8 Å². The minimum Gasteiger partial charge on any atom is -0.384 e. The van der Waals surface area contributed by atoms with Crippen molar-refractivity contribution in [2.75, 3.05) is 0 Å². The number of aliphatic hydroxyl groups is 1. The molecule has 4 rings (SSSR count). The summed E-state index contributed by atoms with van der Waals surface area (Å²) in [7, 11) is 0. The van der Waals surface area contributed by atoms with Crippen LogP contribution in [-0.4, -0.2) is 10.4 Å². The number of thioether (sulfide) groups is 1. The molecule has 0 saturated heterocycles. The molecule has 110 valence electrons. The van der Waals surface area contributed by atoms with E-state index in [1.807, 2.05) is 11.8 Å². The quantitative estimate of drug-likeness (QED) is 0.760. The SMILES string of the molecule is O[C@@]1(C2CC=CCC2)c2ccccc2S[C@@H]2C=CCCC21. The average molecular weight is 298 g/mol. The zero-order chi connectivity index (χ0) is 14.3. The summed E-state index contributed by atoms with van der Waals surface area (Å²) in [5.74, 6) is 0.724. The van der Waals surface area contributed by atoms with Crippen LogP contribution in [-0.2, 0) is 5.60 Å². The summed E-state index contributed by atoms with van der Waals surface area (Å²) >= 11 is 1.94. The van der Waals surface area contributed by atoms with Crippen molar-refractivity contribution >= 4 is 11.8 Å². The van der Waals surface area contributed by atoms with Gasteiger partial charge in [0.05, 0.1) is 5.60 Å². The van der Waals surface area contributed by atoms with Gasteiger partial charge in [0, 0.05) is 16.1 Å². The first kappa shape index (κ1) is 13.7. The van der Waals surface area contributed by atoms with Gasteiger partial charge >= 0.3 is 0 Å². The van der Waals surface area contributed by atoms with Crippen LogP contribution in [0.3, 0.4) is 0 Å².